The van der Waals surface area contributed by atoms with Gasteiger partial charge in [-0.2, -0.15) is 0 Å². The van der Waals surface area contributed by atoms with Gasteiger partial charge in [0, 0.05) is 55.5 Å². The van der Waals surface area contributed by atoms with E-state index in [0.29, 0.717) is 62.2 Å². The van der Waals surface area contributed by atoms with E-state index in [0.717, 1.165) is 62.3 Å². The van der Waals surface area contributed by atoms with Crippen LogP contribution in [-0.2, 0) is 31.2 Å². The third kappa shape index (κ3) is 8.11. The first kappa shape index (κ1) is 36.2. The standard InChI is InChI=1S/C39H51ClN4O6S/c1-26-6-3-10-35(48-2)32-9-4-7-29(32)22-44-24-39(17-5-8-27-20-30(40)12-13-33(27)39)25-50-36-14-11-28(21-34(36)44)37(45)42-51(47,23-26)43-38(46)41-31-15-18-49-19-16-31/h3,10-14,20-21,26,29,31-32,35H,4-9,15-19,22-25H2,1-2H3,(H2,41,42,43,45,46,47)/b10-3+/t26-,29-,32+,35-,39-,51?/m0/s1. The zero-order valence-corrected chi connectivity index (χ0v) is 31.3. The zero-order chi connectivity index (χ0) is 35.6. The van der Waals surface area contributed by atoms with Gasteiger partial charge in [0.25, 0.3) is 5.91 Å². The molecule has 3 heterocycles. The van der Waals surface area contributed by atoms with Crippen LogP contribution in [0.3, 0.4) is 0 Å². The molecule has 1 spiro atoms. The van der Waals surface area contributed by atoms with E-state index in [1.165, 1.54) is 11.1 Å². The molecule has 12 heteroatoms. The molecule has 3 aliphatic heterocycles. The number of rotatable bonds is 3. The summed E-state index contributed by atoms with van der Waals surface area (Å²) in [7, 11) is -1.70. The van der Waals surface area contributed by atoms with E-state index in [2.05, 4.69) is 43.6 Å². The number of halogens is 1. The molecule has 0 aromatic heterocycles. The molecule has 2 aromatic carbocycles. The molecule has 276 valence electrons. The number of nitrogens with one attached hydrogen (secondary N) is 2. The first-order valence-electron chi connectivity index (χ1n) is 18.6. The van der Waals surface area contributed by atoms with Crippen LogP contribution in [0.2, 0.25) is 5.02 Å². The molecular weight excluding hydrogens is 688 g/mol. The molecule has 0 radical (unpaired) electrons. The highest BCUT2D eigenvalue weighted by molar-refractivity contribution is 7.92. The lowest BCUT2D eigenvalue weighted by atomic mass is 9.70. The van der Waals surface area contributed by atoms with Crippen LogP contribution in [0.1, 0.15) is 79.8 Å². The van der Waals surface area contributed by atoms with Gasteiger partial charge in [0.2, 0.25) is 0 Å². The smallest absolute Gasteiger partial charge is 0.327 e. The van der Waals surface area contributed by atoms with Crippen LogP contribution < -0.4 is 19.7 Å². The summed E-state index contributed by atoms with van der Waals surface area (Å²) < 4.78 is 39.6. The fourth-order valence-electron chi connectivity index (χ4n) is 9.04. The fraction of sp³-hybridized carbons (Fsp3) is 0.590. The van der Waals surface area contributed by atoms with Crippen molar-refractivity contribution >= 4 is 39.1 Å². The summed E-state index contributed by atoms with van der Waals surface area (Å²) in [6.45, 7) is 5.10. The summed E-state index contributed by atoms with van der Waals surface area (Å²) in [4.78, 5) is 29.6. The van der Waals surface area contributed by atoms with Crippen molar-refractivity contribution in [1.82, 2.24) is 10.0 Å². The molecule has 2 fully saturated rings. The Hall–Kier alpha value is -3.12. The average molecular weight is 739 g/mol. The number of amides is 3. The van der Waals surface area contributed by atoms with Gasteiger partial charge >= 0.3 is 6.03 Å². The van der Waals surface area contributed by atoms with Crippen molar-refractivity contribution in [2.24, 2.45) is 22.1 Å². The van der Waals surface area contributed by atoms with Gasteiger partial charge in [-0.15, -0.1) is 4.36 Å². The van der Waals surface area contributed by atoms with E-state index >= 15 is 0 Å². The molecule has 5 aliphatic rings. The van der Waals surface area contributed by atoms with Crippen LogP contribution in [0.4, 0.5) is 10.5 Å². The molecule has 7 rings (SSSR count). The Morgan fingerprint density at radius 1 is 1.12 bits per heavy atom. The number of anilines is 1. The van der Waals surface area contributed by atoms with Crippen LogP contribution >= 0.6 is 11.6 Å². The lowest BCUT2D eigenvalue weighted by Crippen LogP contribution is -2.47. The Labute approximate surface area is 307 Å². The highest BCUT2D eigenvalue weighted by Crippen LogP contribution is 2.46. The molecule has 1 unspecified atom stereocenters. The minimum absolute atomic E-state index is 0.0279. The number of methoxy groups -OCH3 is 1. The number of benzene rings is 2. The number of hydrogen-bond acceptors (Lipinski definition) is 7. The lowest BCUT2D eigenvalue weighted by molar-refractivity contribution is 0.0728. The molecule has 1 saturated heterocycles. The van der Waals surface area contributed by atoms with Crippen LogP contribution in [0, 0.1) is 17.8 Å². The first-order valence-corrected chi connectivity index (χ1v) is 20.7. The van der Waals surface area contributed by atoms with Crippen molar-refractivity contribution in [3.05, 3.63) is 70.3 Å². The summed E-state index contributed by atoms with van der Waals surface area (Å²) in [5, 5.41) is 3.66. The number of allylic oxidation sites excluding steroid dienone is 1. The second-order valence-corrected chi connectivity index (χ2v) is 17.7. The summed E-state index contributed by atoms with van der Waals surface area (Å²) in [5.41, 5.74) is 3.44. The van der Waals surface area contributed by atoms with Crippen molar-refractivity contribution in [3.63, 3.8) is 0 Å². The molecule has 2 bridgehead atoms. The Bertz CT molecular complexity index is 1770. The number of fused-ring (bicyclic) bond motifs is 4. The third-order valence-corrected chi connectivity index (χ3v) is 13.8. The predicted octanol–water partition coefficient (Wildman–Crippen LogP) is 6.84. The van der Waals surface area contributed by atoms with Gasteiger partial charge in [-0.25, -0.2) is 9.00 Å². The maximum Gasteiger partial charge on any atom is 0.327 e. The molecule has 6 atom stereocenters. The number of nitrogens with zero attached hydrogens (tertiary/aromatic N) is 2. The normalized spacial score (nSPS) is 32.1. The predicted molar refractivity (Wildman–Crippen MR) is 200 cm³/mol. The van der Waals surface area contributed by atoms with Crippen molar-refractivity contribution < 1.29 is 28.0 Å². The Kier molecular flexibility index (Phi) is 11.0. The minimum atomic E-state index is -3.49. The quantitative estimate of drug-likeness (QED) is 0.331. The number of aryl methyl sites for hydroxylation is 1. The molecular formula is C39H51ClN4O6S. The number of hydrogen-bond donors (Lipinski definition) is 2. The van der Waals surface area contributed by atoms with Crippen molar-refractivity contribution in [2.45, 2.75) is 82.3 Å². The van der Waals surface area contributed by atoms with E-state index in [1.54, 1.807) is 13.2 Å². The van der Waals surface area contributed by atoms with Crippen molar-refractivity contribution in [3.8, 4) is 5.75 Å². The number of carbonyl (C=O) groups excluding carboxylic acids is 2. The molecule has 3 amide bonds. The highest BCUT2D eigenvalue weighted by Gasteiger charge is 2.43. The minimum Gasteiger partial charge on any atom is -0.490 e. The molecule has 10 nitrogen and oxygen atoms in total. The molecule has 2 aliphatic carbocycles. The summed E-state index contributed by atoms with van der Waals surface area (Å²) >= 11 is 6.47. The van der Waals surface area contributed by atoms with Gasteiger partial charge in [0.15, 0.2) is 0 Å². The van der Waals surface area contributed by atoms with E-state index in [1.807, 2.05) is 25.1 Å². The van der Waals surface area contributed by atoms with Gasteiger partial charge < -0.3 is 24.4 Å². The average Bonchev–Trinajstić information content (AvgIpc) is 3.50. The van der Waals surface area contributed by atoms with Crippen LogP contribution in [-0.4, -0.2) is 74.1 Å². The van der Waals surface area contributed by atoms with E-state index in [9.17, 15) is 13.8 Å². The van der Waals surface area contributed by atoms with Gasteiger partial charge in [-0.05, 0) is 111 Å². The van der Waals surface area contributed by atoms with Crippen molar-refractivity contribution in [1.29, 1.82) is 0 Å². The zero-order valence-electron chi connectivity index (χ0n) is 29.7. The summed E-state index contributed by atoms with van der Waals surface area (Å²) in [6, 6.07) is 11.0. The second kappa shape index (κ2) is 15.5. The summed E-state index contributed by atoms with van der Waals surface area (Å²) in [5.74, 6) is 0.696. The first-order chi connectivity index (χ1) is 24.6. The van der Waals surface area contributed by atoms with Crippen molar-refractivity contribution in [2.75, 3.05) is 50.7 Å². The van der Waals surface area contributed by atoms with E-state index in [-0.39, 0.29) is 29.2 Å². The Morgan fingerprint density at radius 2 is 1.96 bits per heavy atom. The van der Waals surface area contributed by atoms with Gasteiger partial charge in [-0.3, -0.25) is 9.52 Å². The molecule has 2 aromatic rings. The Morgan fingerprint density at radius 3 is 2.78 bits per heavy atom. The third-order valence-electron chi connectivity index (χ3n) is 11.6. The van der Waals surface area contributed by atoms with Crippen LogP contribution in [0.25, 0.3) is 0 Å². The topological polar surface area (TPSA) is 119 Å². The maximum atomic E-state index is 14.5. The van der Waals surface area contributed by atoms with Crippen LogP contribution in [0.5, 0.6) is 5.75 Å². The molecule has 51 heavy (non-hydrogen) atoms. The molecule has 1 saturated carbocycles. The second-order valence-electron chi connectivity index (χ2n) is 15.3. The highest BCUT2D eigenvalue weighted by atomic mass is 35.5. The van der Waals surface area contributed by atoms with Gasteiger partial charge in [-0.1, -0.05) is 43.2 Å². The number of ether oxygens (including phenoxy) is 3. The van der Waals surface area contributed by atoms with Crippen LogP contribution in [0.15, 0.2) is 52.9 Å². The lowest BCUT2D eigenvalue weighted by Gasteiger charge is -2.42. The maximum absolute atomic E-state index is 14.5. The van der Waals surface area contributed by atoms with Gasteiger partial charge in [0.1, 0.15) is 15.7 Å². The largest absolute Gasteiger partial charge is 0.490 e. The summed E-state index contributed by atoms with van der Waals surface area (Å²) in [6.07, 6.45) is 12.4. The van der Waals surface area contributed by atoms with Gasteiger partial charge in [0.05, 0.1) is 24.2 Å². The monoisotopic (exact) mass is 738 g/mol. The van der Waals surface area contributed by atoms with E-state index in [4.69, 9.17) is 25.8 Å². The SMILES string of the molecule is CO[C@H]1/C=C/C[C@H](C)CS(=O)(NC(=O)NC2CCOCC2)=NC(=O)c2ccc3c(c2)N(C[C@@H]2CCC[C@H]21)C[C@@]1(CCCc2cc(Cl)ccc21)CO3. The fourth-order valence-corrected chi connectivity index (χ4v) is 11.1. The van der Waals surface area contributed by atoms with E-state index < -0.39 is 21.9 Å². The molecule has 2 N–H and O–H groups in total. The number of carbonyl (C=O) groups is 2. The number of urea groups is 1. The Balaban J connectivity index is 1.28.